The van der Waals surface area contributed by atoms with Crippen LogP contribution in [0.4, 0.5) is 0 Å². The van der Waals surface area contributed by atoms with Crippen molar-refractivity contribution in [1.82, 2.24) is 10.3 Å². The zero-order valence-electron chi connectivity index (χ0n) is 19.0. The number of amides is 1. The summed E-state index contributed by atoms with van der Waals surface area (Å²) in [6, 6.07) is -0.224. The highest BCUT2D eigenvalue weighted by Gasteiger charge is 2.16. The van der Waals surface area contributed by atoms with Gasteiger partial charge in [-0.25, -0.2) is 4.98 Å². The van der Waals surface area contributed by atoms with Gasteiger partial charge in [-0.2, -0.15) is 0 Å². The molecule has 0 spiro atoms. The highest BCUT2D eigenvalue weighted by Crippen LogP contribution is 2.16. The number of nitrogens with one attached hydrogen (secondary N) is 1. The van der Waals surface area contributed by atoms with E-state index in [1.54, 1.807) is 0 Å². The average molecular weight is 408 g/mol. The average Bonchev–Trinajstić information content (AvgIpc) is 3.22. The van der Waals surface area contributed by atoms with E-state index in [0.29, 0.717) is 18.1 Å². The van der Waals surface area contributed by atoms with E-state index < -0.39 is 0 Å². The number of carbonyl (C=O) groups excluding carboxylic acids is 1. The van der Waals surface area contributed by atoms with E-state index >= 15 is 0 Å². The van der Waals surface area contributed by atoms with Gasteiger partial charge >= 0.3 is 0 Å². The molecule has 1 atom stereocenters. The Bertz CT molecular complexity index is 516. The van der Waals surface area contributed by atoms with Crippen LogP contribution in [0.2, 0.25) is 0 Å². The SMILES string of the molecule is CCCCCCCCCCCCCCCNC(=O)c1coc(C(N)CCCC)n1. The summed E-state index contributed by atoms with van der Waals surface area (Å²) in [4.78, 5) is 16.4. The maximum atomic E-state index is 12.1. The summed E-state index contributed by atoms with van der Waals surface area (Å²) >= 11 is 0. The zero-order valence-corrected chi connectivity index (χ0v) is 19.0. The Labute approximate surface area is 178 Å². The third kappa shape index (κ3) is 12.7. The Hall–Kier alpha value is -1.36. The molecule has 0 aliphatic heterocycles. The summed E-state index contributed by atoms with van der Waals surface area (Å²) in [5.74, 6) is 0.297. The van der Waals surface area contributed by atoms with E-state index in [1.807, 2.05) is 0 Å². The first-order chi connectivity index (χ1) is 14.2. The van der Waals surface area contributed by atoms with E-state index in [0.717, 1.165) is 25.7 Å². The number of hydrogen-bond donors (Lipinski definition) is 2. The van der Waals surface area contributed by atoms with Crippen LogP contribution in [-0.2, 0) is 0 Å². The first-order valence-electron chi connectivity index (χ1n) is 12.2. The van der Waals surface area contributed by atoms with Crippen molar-refractivity contribution >= 4 is 5.91 Å². The van der Waals surface area contributed by atoms with Crippen molar-refractivity contribution in [2.24, 2.45) is 5.73 Å². The lowest BCUT2D eigenvalue weighted by atomic mass is 10.0. The molecule has 1 aromatic rings. The van der Waals surface area contributed by atoms with Gasteiger partial charge in [0.25, 0.3) is 5.91 Å². The maximum absolute atomic E-state index is 12.1. The molecule has 1 heterocycles. The molecule has 1 aromatic heterocycles. The number of nitrogens with zero attached hydrogens (tertiary/aromatic N) is 1. The van der Waals surface area contributed by atoms with E-state index in [-0.39, 0.29) is 11.9 Å². The van der Waals surface area contributed by atoms with E-state index in [2.05, 4.69) is 24.1 Å². The summed E-state index contributed by atoms with van der Waals surface area (Å²) in [5.41, 5.74) is 6.37. The summed E-state index contributed by atoms with van der Waals surface area (Å²) < 4.78 is 5.37. The van der Waals surface area contributed by atoms with Crippen LogP contribution in [0.5, 0.6) is 0 Å². The number of oxazole rings is 1. The Kier molecular flexibility index (Phi) is 15.5. The van der Waals surface area contributed by atoms with Crippen LogP contribution in [0, 0.1) is 0 Å². The molecule has 5 nitrogen and oxygen atoms in total. The smallest absolute Gasteiger partial charge is 0.273 e. The van der Waals surface area contributed by atoms with Crippen molar-refractivity contribution in [3.8, 4) is 0 Å². The van der Waals surface area contributed by atoms with Gasteiger partial charge in [0.1, 0.15) is 6.26 Å². The molecule has 1 amide bonds. The second kappa shape index (κ2) is 17.5. The lowest BCUT2D eigenvalue weighted by Crippen LogP contribution is -2.25. The molecule has 0 bridgehead atoms. The zero-order chi connectivity index (χ0) is 21.2. The van der Waals surface area contributed by atoms with Crippen LogP contribution in [0.15, 0.2) is 10.7 Å². The number of rotatable bonds is 19. The number of carbonyl (C=O) groups is 1. The minimum Gasteiger partial charge on any atom is -0.446 e. The molecule has 1 unspecified atom stereocenters. The Balaban J connectivity index is 1.96. The second-order valence-corrected chi connectivity index (χ2v) is 8.32. The fourth-order valence-corrected chi connectivity index (χ4v) is 3.54. The van der Waals surface area contributed by atoms with Gasteiger partial charge in [0, 0.05) is 6.54 Å². The molecule has 0 saturated carbocycles. The molecule has 29 heavy (non-hydrogen) atoms. The van der Waals surface area contributed by atoms with Crippen LogP contribution in [0.25, 0.3) is 0 Å². The Morgan fingerprint density at radius 2 is 1.41 bits per heavy atom. The summed E-state index contributed by atoms with van der Waals surface area (Å²) in [6.07, 6.45) is 21.6. The normalized spacial score (nSPS) is 12.2. The molecule has 168 valence electrons. The van der Waals surface area contributed by atoms with Crippen LogP contribution in [0.1, 0.15) is 139 Å². The maximum Gasteiger partial charge on any atom is 0.273 e. The quantitative estimate of drug-likeness (QED) is 0.250. The number of nitrogens with two attached hydrogens (primary N) is 1. The molecule has 0 aromatic carbocycles. The van der Waals surface area contributed by atoms with E-state index in [9.17, 15) is 4.79 Å². The standard InChI is InChI=1S/C24H45N3O2/c1-3-5-7-8-9-10-11-12-13-14-15-16-17-19-26-23(28)22-20-29-24(27-22)21(25)18-6-4-2/h20-21H,3-19,25H2,1-2H3,(H,26,28). The first kappa shape index (κ1) is 25.7. The topological polar surface area (TPSA) is 81.2 Å². The Morgan fingerprint density at radius 3 is 1.97 bits per heavy atom. The van der Waals surface area contributed by atoms with Gasteiger partial charge in [-0.3, -0.25) is 4.79 Å². The van der Waals surface area contributed by atoms with Crippen molar-refractivity contribution in [1.29, 1.82) is 0 Å². The molecule has 5 heteroatoms. The molecule has 0 radical (unpaired) electrons. The fourth-order valence-electron chi connectivity index (χ4n) is 3.54. The molecular formula is C24H45N3O2. The third-order valence-corrected chi connectivity index (χ3v) is 5.51. The first-order valence-corrected chi connectivity index (χ1v) is 12.2. The number of unbranched alkanes of at least 4 members (excludes halogenated alkanes) is 13. The summed E-state index contributed by atoms with van der Waals surface area (Å²) in [5, 5.41) is 2.93. The van der Waals surface area contributed by atoms with Crippen molar-refractivity contribution < 1.29 is 9.21 Å². The molecule has 1 rings (SSSR count). The van der Waals surface area contributed by atoms with Crippen LogP contribution >= 0.6 is 0 Å². The van der Waals surface area contributed by atoms with Crippen LogP contribution in [0.3, 0.4) is 0 Å². The summed E-state index contributed by atoms with van der Waals surface area (Å²) in [7, 11) is 0. The predicted octanol–water partition coefficient (Wildman–Crippen LogP) is 6.69. The number of hydrogen-bond acceptors (Lipinski definition) is 4. The van der Waals surface area contributed by atoms with Gasteiger partial charge in [0.15, 0.2) is 5.69 Å². The highest BCUT2D eigenvalue weighted by atomic mass is 16.3. The molecule has 0 saturated heterocycles. The Morgan fingerprint density at radius 1 is 0.897 bits per heavy atom. The van der Waals surface area contributed by atoms with Gasteiger partial charge in [0.05, 0.1) is 6.04 Å². The van der Waals surface area contributed by atoms with Gasteiger partial charge in [0.2, 0.25) is 5.89 Å². The molecule has 0 aliphatic carbocycles. The van der Waals surface area contributed by atoms with Gasteiger partial charge in [-0.15, -0.1) is 0 Å². The van der Waals surface area contributed by atoms with Gasteiger partial charge < -0.3 is 15.5 Å². The monoisotopic (exact) mass is 407 g/mol. The highest BCUT2D eigenvalue weighted by molar-refractivity contribution is 5.91. The minimum atomic E-state index is -0.224. The molecule has 0 fully saturated rings. The van der Waals surface area contributed by atoms with Crippen molar-refractivity contribution in [2.75, 3.05) is 6.54 Å². The summed E-state index contributed by atoms with van der Waals surface area (Å²) in [6.45, 7) is 5.09. The second-order valence-electron chi connectivity index (χ2n) is 8.32. The minimum absolute atomic E-state index is 0.165. The molecular weight excluding hydrogens is 362 g/mol. The van der Waals surface area contributed by atoms with Crippen molar-refractivity contribution in [3.05, 3.63) is 17.8 Å². The van der Waals surface area contributed by atoms with Crippen molar-refractivity contribution in [3.63, 3.8) is 0 Å². The van der Waals surface area contributed by atoms with Crippen LogP contribution < -0.4 is 11.1 Å². The predicted molar refractivity (Wildman–Crippen MR) is 121 cm³/mol. The lowest BCUT2D eigenvalue weighted by Gasteiger charge is -2.05. The van der Waals surface area contributed by atoms with Gasteiger partial charge in [-0.05, 0) is 12.8 Å². The van der Waals surface area contributed by atoms with Gasteiger partial charge in [-0.1, -0.05) is 104 Å². The molecule has 3 N–H and O–H groups in total. The van der Waals surface area contributed by atoms with E-state index in [4.69, 9.17) is 10.2 Å². The van der Waals surface area contributed by atoms with Crippen molar-refractivity contribution in [2.45, 2.75) is 123 Å². The third-order valence-electron chi connectivity index (χ3n) is 5.51. The molecule has 0 aliphatic rings. The number of aromatic nitrogens is 1. The fraction of sp³-hybridized carbons (Fsp3) is 0.833. The van der Waals surface area contributed by atoms with Crippen LogP contribution in [-0.4, -0.2) is 17.4 Å². The lowest BCUT2D eigenvalue weighted by molar-refractivity contribution is 0.0948. The van der Waals surface area contributed by atoms with E-state index in [1.165, 1.54) is 83.3 Å². The largest absolute Gasteiger partial charge is 0.446 e.